The van der Waals surface area contributed by atoms with Crippen molar-refractivity contribution in [1.29, 1.82) is 0 Å². The van der Waals surface area contributed by atoms with Crippen LogP contribution >= 0.6 is 0 Å². The number of aryl methyl sites for hydroxylation is 1. The van der Waals surface area contributed by atoms with Gasteiger partial charge in [-0.15, -0.1) is 0 Å². The van der Waals surface area contributed by atoms with Crippen molar-refractivity contribution in [3.05, 3.63) is 18.0 Å². The summed E-state index contributed by atoms with van der Waals surface area (Å²) < 4.78 is 0. The minimum atomic E-state index is 0.510. The Hall–Kier alpha value is -1.16. The van der Waals surface area contributed by atoms with Crippen LogP contribution in [0.5, 0.6) is 0 Å². The fraction of sp³-hybridized carbons (Fsp3) is 0.714. The zero-order valence-electron chi connectivity index (χ0n) is 11.5. The van der Waals surface area contributed by atoms with E-state index < -0.39 is 0 Å². The third-order valence-electron chi connectivity index (χ3n) is 3.95. The number of nitrogens with two attached hydrogens (primary N) is 1. The Morgan fingerprint density at radius 3 is 2.83 bits per heavy atom. The molecule has 2 atom stereocenters. The molecule has 2 rings (SSSR count). The third kappa shape index (κ3) is 2.80. The molecule has 1 fully saturated rings. The topological polar surface area (TPSA) is 55.0 Å². The first-order valence-corrected chi connectivity index (χ1v) is 7.02. The highest BCUT2D eigenvalue weighted by molar-refractivity contribution is 5.32. The second kappa shape index (κ2) is 6.14. The van der Waals surface area contributed by atoms with Crippen molar-refractivity contribution >= 4 is 5.95 Å². The molecule has 4 nitrogen and oxygen atoms in total. The molecular formula is C14H24N4. The molecule has 2 unspecified atom stereocenters. The van der Waals surface area contributed by atoms with Gasteiger partial charge in [0, 0.05) is 24.5 Å². The van der Waals surface area contributed by atoms with Crippen molar-refractivity contribution in [3.63, 3.8) is 0 Å². The minimum absolute atomic E-state index is 0.510. The lowest BCUT2D eigenvalue weighted by Crippen LogP contribution is -2.46. The van der Waals surface area contributed by atoms with Gasteiger partial charge in [-0.1, -0.05) is 12.8 Å². The molecular weight excluding hydrogens is 224 g/mol. The smallest absolute Gasteiger partial charge is 0.225 e. The SMILES string of the molecule is CCN(c1nccc(C)n1)C1CCCCC1CN. The summed E-state index contributed by atoms with van der Waals surface area (Å²) in [5.41, 5.74) is 6.95. The lowest BCUT2D eigenvalue weighted by atomic mass is 9.83. The molecule has 1 aromatic rings. The molecule has 2 N–H and O–H groups in total. The Kier molecular flexibility index (Phi) is 4.53. The van der Waals surface area contributed by atoms with Crippen molar-refractivity contribution in [2.45, 2.75) is 45.6 Å². The molecule has 1 heterocycles. The maximum Gasteiger partial charge on any atom is 0.225 e. The second-order valence-electron chi connectivity index (χ2n) is 5.13. The van der Waals surface area contributed by atoms with Crippen molar-refractivity contribution in [3.8, 4) is 0 Å². The van der Waals surface area contributed by atoms with Gasteiger partial charge in [0.25, 0.3) is 0 Å². The predicted octanol–water partition coefficient (Wildman–Crippen LogP) is 2.13. The van der Waals surface area contributed by atoms with Gasteiger partial charge >= 0.3 is 0 Å². The Labute approximate surface area is 110 Å². The standard InChI is InChI=1S/C14H24N4/c1-3-18(14-16-9-8-11(2)17-14)13-7-5-4-6-12(13)10-15/h8-9,12-13H,3-7,10,15H2,1-2H3. The number of aromatic nitrogens is 2. The largest absolute Gasteiger partial charge is 0.338 e. The zero-order chi connectivity index (χ0) is 13.0. The number of hydrogen-bond donors (Lipinski definition) is 1. The minimum Gasteiger partial charge on any atom is -0.338 e. The van der Waals surface area contributed by atoms with Crippen LogP contribution in [0, 0.1) is 12.8 Å². The molecule has 4 heteroatoms. The van der Waals surface area contributed by atoms with Crippen LogP contribution in [-0.4, -0.2) is 29.1 Å². The molecule has 0 saturated heterocycles. The summed E-state index contributed by atoms with van der Waals surface area (Å²) >= 11 is 0. The molecule has 0 spiro atoms. The highest BCUT2D eigenvalue weighted by Gasteiger charge is 2.29. The Bertz CT molecular complexity index is 380. The number of anilines is 1. The highest BCUT2D eigenvalue weighted by atomic mass is 15.3. The van der Waals surface area contributed by atoms with Crippen LogP contribution in [-0.2, 0) is 0 Å². The first kappa shape index (κ1) is 13.3. The Morgan fingerprint density at radius 1 is 1.39 bits per heavy atom. The van der Waals surface area contributed by atoms with E-state index in [9.17, 15) is 0 Å². The van der Waals surface area contributed by atoms with E-state index in [1.54, 1.807) is 0 Å². The van der Waals surface area contributed by atoms with E-state index in [2.05, 4.69) is 21.8 Å². The monoisotopic (exact) mass is 248 g/mol. The molecule has 1 saturated carbocycles. The summed E-state index contributed by atoms with van der Waals surface area (Å²) in [6.45, 7) is 5.91. The molecule has 0 amide bonds. The number of rotatable bonds is 4. The van der Waals surface area contributed by atoms with E-state index in [4.69, 9.17) is 5.73 Å². The van der Waals surface area contributed by atoms with E-state index in [1.807, 2.05) is 19.2 Å². The second-order valence-corrected chi connectivity index (χ2v) is 5.13. The van der Waals surface area contributed by atoms with Gasteiger partial charge in [-0.3, -0.25) is 0 Å². The molecule has 18 heavy (non-hydrogen) atoms. The van der Waals surface area contributed by atoms with Crippen LogP contribution in [0.15, 0.2) is 12.3 Å². The molecule has 100 valence electrons. The summed E-state index contributed by atoms with van der Waals surface area (Å²) in [5, 5.41) is 0. The summed E-state index contributed by atoms with van der Waals surface area (Å²) in [4.78, 5) is 11.3. The van der Waals surface area contributed by atoms with Gasteiger partial charge in [0.1, 0.15) is 0 Å². The van der Waals surface area contributed by atoms with Gasteiger partial charge in [0.15, 0.2) is 0 Å². The van der Waals surface area contributed by atoms with Crippen molar-refractivity contribution in [2.75, 3.05) is 18.0 Å². The van der Waals surface area contributed by atoms with Crippen molar-refractivity contribution in [2.24, 2.45) is 11.7 Å². The molecule has 0 aliphatic heterocycles. The van der Waals surface area contributed by atoms with Crippen LogP contribution in [0.25, 0.3) is 0 Å². The summed E-state index contributed by atoms with van der Waals surface area (Å²) in [7, 11) is 0. The maximum absolute atomic E-state index is 5.93. The van der Waals surface area contributed by atoms with Crippen molar-refractivity contribution < 1.29 is 0 Å². The van der Waals surface area contributed by atoms with Crippen LogP contribution in [0.4, 0.5) is 5.95 Å². The fourth-order valence-electron chi connectivity index (χ4n) is 2.97. The molecule has 1 aliphatic rings. The van der Waals surface area contributed by atoms with Gasteiger partial charge < -0.3 is 10.6 Å². The van der Waals surface area contributed by atoms with Crippen LogP contribution in [0.2, 0.25) is 0 Å². The van der Waals surface area contributed by atoms with Gasteiger partial charge in [0.2, 0.25) is 5.95 Å². The molecule has 0 radical (unpaired) electrons. The summed E-state index contributed by atoms with van der Waals surface area (Å²) in [6, 6.07) is 2.45. The quantitative estimate of drug-likeness (QED) is 0.887. The average Bonchev–Trinajstić information content (AvgIpc) is 2.40. The average molecular weight is 248 g/mol. The third-order valence-corrected chi connectivity index (χ3v) is 3.95. The lowest BCUT2D eigenvalue weighted by Gasteiger charge is -2.39. The van der Waals surface area contributed by atoms with E-state index in [0.717, 1.165) is 24.7 Å². The molecule has 1 aliphatic carbocycles. The summed E-state index contributed by atoms with van der Waals surface area (Å²) in [5.74, 6) is 1.45. The van der Waals surface area contributed by atoms with E-state index in [1.165, 1.54) is 25.7 Å². The maximum atomic E-state index is 5.93. The molecule has 1 aromatic heterocycles. The Balaban J connectivity index is 2.21. The van der Waals surface area contributed by atoms with E-state index in [-0.39, 0.29) is 0 Å². The lowest BCUT2D eigenvalue weighted by molar-refractivity contribution is 0.298. The first-order chi connectivity index (χ1) is 8.76. The predicted molar refractivity (Wildman–Crippen MR) is 74.6 cm³/mol. The highest BCUT2D eigenvalue weighted by Crippen LogP contribution is 2.29. The fourth-order valence-corrected chi connectivity index (χ4v) is 2.97. The van der Waals surface area contributed by atoms with Gasteiger partial charge in [0.05, 0.1) is 0 Å². The van der Waals surface area contributed by atoms with Gasteiger partial charge in [-0.25, -0.2) is 9.97 Å². The number of hydrogen-bond acceptors (Lipinski definition) is 4. The Morgan fingerprint density at radius 2 is 2.17 bits per heavy atom. The zero-order valence-corrected chi connectivity index (χ0v) is 11.5. The first-order valence-electron chi connectivity index (χ1n) is 7.02. The van der Waals surface area contributed by atoms with Crippen LogP contribution < -0.4 is 10.6 Å². The molecule has 0 bridgehead atoms. The van der Waals surface area contributed by atoms with E-state index >= 15 is 0 Å². The van der Waals surface area contributed by atoms with Crippen LogP contribution in [0.3, 0.4) is 0 Å². The van der Waals surface area contributed by atoms with Crippen LogP contribution in [0.1, 0.15) is 38.3 Å². The number of nitrogens with zero attached hydrogens (tertiary/aromatic N) is 3. The summed E-state index contributed by atoms with van der Waals surface area (Å²) in [6.07, 6.45) is 6.91. The van der Waals surface area contributed by atoms with Gasteiger partial charge in [-0.05, 0) is 45.2 Å². The normalized spacial score (nSPS) is 23.9. The van der Waals surface area contributed by atoms with Crippen molar-refractivity contribution in [1.82, 2.24) is 9.97 Å². The van der Waals surface area contributed by atoms with E-state index in [0.29, 0.717) is 12.0 Å². The molecule has 0 aromatic carbocycles. The van der Waals surface area contributed by atoms with Gasteiger partial charge in [-0.2, -0.15) is 0 Å².